The summed E-state index contributed by atoms with van der Waals surface area (Å²) >= 11 is 0. The Hall–Kier alpha value is -1.51. The van der Waals surface area contributed by atoms with Crippen molar-refractivity contribution in [2.24, 2.45) is 0 Å². The van der Waals surface area contributed by atoms with E-state index in [-0.39, 0.29) is 5.91 Å². The van der Waals surface area contributed by atoms with Gasteiger partial charge in [0.1, 0.15) is 0 Å². The molecule has 8 heteroatoms. The SMILES string of the molecule is Cc1nc(CN2CCCN(CCC(=O)N3CCOCC3)CC2)no1. The van der Waals surface area contributed by atoms with Crippen LogP contribution in [0.1, 0.15) is 24.6 Å². The number of rotatable bonds is 5. The molecule has 8 nitrogen and oxygen atoms in total. The topological polar surface area (TPSA) is 74.9 Å². The fraction of sp³-hybridized carbons (Fsp3) is 0.812. The Morgan fingerprint density at radius 2 is 1.83 bits per heavy atom. The molecule has 0 saturated carbocycles. The molecule has 24 heavy (non-hydrogen) atoms. The minimum Gasteiger partial charge on any atom is -0.378 e. The van der Waals surface area contributed by atoms with Crippen LogP contribution in [-0.4, -0.2) is 89.8 Å². The van der Waals surface area contributed by atoms with E-state index in [2.05, 4.69) is 19.9 Å². The number of hydrogen-bond donors (Lipinski definition) is 0. The quantitative estimate of drug-likeness (QED) is 0.756. The van der Waals surface area contributed by atoms with Crippen LogP contribution in [0.2, 0.25) is 0 Å². The van der Waals surface area contributed by atoms with Gasteiger partial charge in [0.05, 0.1) is 19.8 Å². The van der Waals surface area contributed by atoms with Crippen molar-refractivity contribution in [1.82, 2.24) is 24.8 Å². The maximum absolute atomic E-state index is 12.2. The molecule has 0 N–H and O–H groups in total. The van der Waals surface area contributed by atoms with Gasteiger partial charge in [-0.15, -0.1) is 0 Å². The summed E-state index contributed by atoms with van der Waals surface area (Å²) < 4.78 is 10.3. The summed E-state index contributed by atoms with van der Waals surface area (Å²) in [5.74, 6) is 1.62. The zero-order chi connectivity index (χ0) is 16.8. The van der Waals surface area contributed by atoms with Crippen LogP contribution in [-0.2, 0) is 16.1 Å². The van der Waals surface area contributed by atoms with Crippen LogP contribution in [0.3, 0.4) is 0 Å². The van der Waals surface area contributed by atoms with Crippen LogP contribution in [0.4, 0.5) is 0 Å². The van der Waals surface area contributed by atoms with Crippen molar-refractivity contribution >= 4 is 5.91 Å². The highest BCUT2D eigenvalue weighted by Crippen LogP contribution is 2.08. The summed E-state index contributed by atoms with van der Waals surface area (Å²) in [7, 11) is 0. The minimum absolute atomic E-state index is 0.252. The average molecular weight is 337 g/mol. The average Bonchev–Trinajstić information content (AvgIpc) is 2.88. The number of ether oxygens (including phenoxy) is 1. The Balaban J connectivity index is 1.39. The van der Waals surface area contributed by atoms with Gasteiger partial charge in [-0.1, -0.05) is 5.16 Å². The first-order valence-electron chi connectivity index (χ1n) is 8.80. The van der Waals surface area contributed by atoms with Crippen molar-refractivity contribution in [1.29, 1.82) is 0 Å². The number of carbonyl (C=O) groups excluding carboxylic acids is 1. The number of morpholine rings is 1. The molecule has 2 aliphatic rings. The largest absolute Gasteiger partial charge is 0.378 e. The van der Waals surface area contributed by atoms with Crippen LogP contribution in [0, 0.1) is 6.92 Å². The van der Waals surface area contributed by atoms with E-state index in [1.54, 1.807) is 0 Å². The molecule has 3 rings (SSSR count). The summed E-state index contributed by atoms with van der Waals surface area (Å²) in [5.41, 5.74) is 0. The first kappa shape index (κ1) is 17.3. The Morgan fingerprint density at radius 1 is 1.08 bits per heavy atom. The van der Waals surface area contributed by atoms with Gasteiger partial charge in [-0.3, -0.25) is 9.69 Å². The normalized spacial score (nSPS) is 21.0. The van der Waals surface area contributed by atoms with Gasteiger partial charge in [0, 0.05) is 46.1 Å². The second kappa shape index (κ2) is 8.55. The third-order valence-electron chi connectivity index (χ3n) is 4.62. The monoisotopic (exact) mass is 337 g/mol. The molecule has 1 amide bonds. The molecule has 1 aromatic rings. The van der Waals surface area contributed by atoms with Gasteiger partial charge >= 0.3 is 0 Å². The molecule has 2 saturated heterocycles. The smallest absolute Gasteiger partial charge is 0.224 e. The van der Waals surface area contributed by atoms with Gasteiger partial charge in [-0.25, -0.2) is 0 Å². The predicted molar refractivity (Wildman–Crippen MR) is 87.4 cm³/mol. The van der Waals surface area contributed by atoms with Crippen molar-refractivity contribution in [3.63, 3.8) is 0 Å². The summed E-state index contributed by atoms with van der Waals surface area (Å²) in [5, 5.41) is 3.97. The van der Waals surface area contributed by atoms with Crippen molar-refractivity contribution < 1.29 is 14.1 Å². The van der Waals surface area contributed by atoms with Crippen LogP contribution in [0.25, 0.3) is 0 Å². The van der Waals surface area contributed by atoms with E-state index >= 15 is 0 Å². The second-order valence-electron chi connectivity index (χ2n) is 6.44. The van der Waals surface area contributed by atoms with E-state index < -0.39 is 0 Å². The van der Waals surface area contributed by atoms with Crippen molar-refractivity contribution in [3.05, 3.63) is 11.7 Å². The Kier molecular flexibility index (Phi) is 6.17. The molecule has 0 atom stereocenters. The van der Waals surface area contributed by atoms with E-state index in [9.17, 15) is 4.79 Å². The van der Waals surface area contributed by atoms with Gasteiger partial charge in [0.15, 0.2) is 5.82 Å². The predicted octanol–water partition coefficient (Wildman–Crippen LogP) is 0.135. The lowest BCUT2D eigenvalue weighted by Crippen LogP contribution is -2.42. The first-order valence-corrected chi connectivity index (χ1v) is 8.80. The molecule has 0 bridgehead atoms. The maximum Gasteiger partial charge on any atom is 0.224 e. The molecule has 134 valence electrons. The van der Waals surface area contributed by atoms with Crippen molar-refractivity contribution in [2.45, 2.75) is 26.3 Å². The van der Waals surface area contributed by atoms with Crippen LogP contribution in [0.5, 0.6) is 0 Å². The van der Waals surface area contributed by atoms with E-state index in [1.165, 1.54) is 0 Å². The number of amides is 1. The van der Waals surface area contributed by atoms with E-state index in [0.717, 1.165) is 64.6 Å². The summed E-state index contributed by atoms with van der Waals surface area (Å²) in [6.07, 6.45) is 1.70. The molecule has 0 radical (unpaired) electrons. The Morgan fingerprint density at radius 3 is 2.58 bits per heavy atom. The lowest BCUT2D eigenvalue weighted by Gasteiger charge is -2.28. The van der Waals surface area contributed by atoms with Crippen LogP contribution < -0.4 is 0 Å². The van der Waals surface area contributed by atoms with Gasteiger partial charge in [-0.05, 0) is 19.5 Å². The third kappa shape index (κ3) is 4.99. The second-order valence-corrected chi connectivity index (χ2v) is 6.44. The number of aryl methyl sites for hydroxylation is 1. The van der Waals surface area contributed by atoms with Crippen molar-refractivity contribution in [3.8, 4) is 0 Å². The molecule has 1 aromatic heterocycles. The van der Waals surface area contributed by atoms with Crippen LogP contribution >= 0.6 is 0 Å². The lowest BCUT2D eigenvalue weighted by atomic mass is 10.3. The highest BCUT2D eigenvalue weighted by molar-refractivity contribution is 5.76. The van der Waals surface area contributed by atoms with Gasteiger partial charge in [0.2, 0.25) is 11.8 Å². The number of nitrogens with zero attached hydrogens (tertiary/aromatic N) is 5. The number of hydrogen-bond acceptors (Lipinski definition) is 7. The molecule has 0 spiro atoms. The third-order valence-corrected chi connectivity index (χ3v) is 4.62. The molecule has 2 aliphatic heterocycles. The first-order chi connectivity index (χ1) is 11.7. The van der Waals surface area contributed by atoms with E-state index in [1.807, 2.05) is 11.8 Å². The fourth-order valence-corrected chi connectivity index (χ4v) is 3.24. The highest BCUT2D eigenvalue weighted by atomic mass is 16.5. The summed E-state index contributed by atoms with van der Waals surface area (Å²) in [4.78, 5) is 23.2. The number of aromatic nitrogens is 2. The number of carbonyl (C=O) groups is 1. The van der Waals surface area contributed by atoms with Crippen LogP contribution in [0.15, 0.2) is 4.52 Å². The molecule has 0 aromatic carbocycles. The zero-order valence-corrected chi connectivity index (χ0v) is 14.4. The summed E-state index contributed by atoms with van der Waals surface area (Å²) in [6, 6.07) is 0. The molecular weight excluding hydrogens is 310 g/mol. The minimum atomic E-state index is 0.252. The zero-order valence-electron chi connectivity index (χ0n) is 14.4. The standard InChI is InChI=1S/C16H27N5O3/c1-14-17-15(18-24-14)13-20-5-2-4-19(7-8-20)6-3-16(22)21-9-11-23-12-10-21/h2-13H2,1H3. The Labute approximate surface area is 142 Å². The molecule has 0 aliphatic carbocycles. The van der Waals surface area contributed by atoms with Gasteiger partial charge in [-0.2, -0.15) is 4.98 Å². The summed E-state index contributed by atoms with van der Waals surface area (Å²) in [6.45, 7) is 10.2. The van der Waals surface area contributed by atoms with Gasteiger partial charge < -0.3 is 19.1 Å². The molecule has 2 fully saturated rings. The Bertz CT molecular complexity index is 530. The maximum atomic E-state index is 12.2. The fourth-order valence-electron chi connectivity index (χ4n) is 3.24. The molecule has 0 unspecified atom stereocenters. The molecule has 3 heterocycles. The highest BCUT2D eigenvalue weighted by Gasteiger charge is 2.20. The van der Waals surface area contributed by atoms with Gasteiger partial charge in [0.25, 0.3) is 0 Å². The van der Waals surface area contributed by atoms with Crippen molar-refractivity contribution in [2.75, 3.05) is 59.0 Å². The lowest BCUT2D eigenvalue weighted by molar-refractivity contribution is -0.135. The van der Waals surface area contributed by atoms with E-state index in [0.29, 0.717) is 25.5 Å². The molecular formula is C16H27N5O3. The van der Waals surface area contributed by atoms with E-state index in [4.69, 9.17) is 9.26 Å².